The van der Waals surface area contributed by atoms with Crippen LogP contribution in [0.25, 0.3) is 0 Å². The Morgan fingerprint density at radius 2 is 2.13 bits per heavy atom. The first-order valence-corrected chi connectivity index (χ1v) is 7.83. The van der Waals surface area contributed by atoms with Crippen molar-refractivity contribution in [3.8, 4) is 5.75 Å². The lowest BCUT2D eigenvalue weighted by atomic mass is 9.78. The highest BCUT2D eigenvalue weighted by atomic mass is 35.5. The number of fused-ring (bicyclic) bond motifs is 1. The van der Waals surface area contributed by atoms with Crippen LogP contribution < -0.4 is 10.2 Å². The van der Waals surface area contributed by atoms with Crippen LogP contribution in [0.2, 0.25) is 5.02 Å². The summed E-state index contributed by atoms with van der Waals surface area (Å²) in [6, 6.07) is 3.35. The molecule has 6 nitrogen and oxygen atoms in total. The number of nitrogens with zero attached hydrogens (tertiary/aromatic N) is 1. The van der Waals surface area contributed by atoms with E-state index in [1.807, 2.05) is 6.92 Å². The molecule has 0 radical (unpaired) electrons. The number of rotatable bonds is 4. The van der Waals surface area contributed by atoms with E-state index in [0.29, 0.717) is 28.4 Å². The Bertz CT molecular complexity index is 604. The highest BCUT2D eigenvalue weighted by molar-refractivity contribution is 6.63. The predicted molar refractivity (Wildman–Crippen MR) is 88.5 cm³/mol. The summed E-state index contributed by atoms with van der Waals surface area (Å²) in [6.45, 7) is 7.74. The first kappa shape index (κ1) is 17.9. The molecule has 0 bridgehead atoms. The first-order chi connectivity index (χ1) is 10.7. The molecule has 23 heavy (non-hydrogen) atoms. The molecule has 126 valence electrons. The molecule has 2 rings (SSSR count). The molecule has 1 amide bonds. The minimum atomic E-state index is -1.19. The van der Waals surface area contributed by atoms with E-state index in [1.165, 1.54) is 4.90 Å². The number of ether oxygens (including phenoxy) is 1. The van der Waals surface area contributed by atoms with Crippen LogP contribution in [0.15, 0.2) is 12.1 Å². The van der Waals surface area contributed by atoms with Crippen LogP contribution in [0.5, 0.6) is 5.75 Å². The molecule has 1 aliphatic rings. The van der Waals surface area contributed by atoms with E-state index in [-0.39, 0.29) is 6.54 Å². The van der Waals surface area contributed by atoms with E-state index in [2.05, 4.69) is 0 Å². The molecule has 1 atom stereocenters. The van der Waals surface area contributed by atoms with Crippen molar-refractivity contribution >= 4 is 30.3 Å². The molecule has 0 aliphatic carbocycles. The van der Waals surface area contributed by atoms with Crippen LogP contribution in [0, 0.1) is 0 Å². The molecule has 1 aromatic rings. The number of amides is 1. The maximum absolute atomic E-state index is 11.5. The lowest BCUT2D eigenvalue weighted by Crippen LogP contribution is -2.47. The van der Waals surface area contributed by atoms with Gasteiger partial charge in [-0.25, -0.2) is 4.79 Å². The van der Waals surface area contributed by atoms with Crippen LogP contribution in [-0.4, -0.2) is 46.9 Å². The summed E-state index contributed by atoms with van der Waals surface area (Å²) < 4.78 is 11.1. The molecule has 0 aromatic heterocycles. The van der Waals surface area contributed by atoms with Crippen molar-refractivity contribution in [3.63, 3.8) is 0 Å². The molecule has 0 unspecified atom stereocenters. The standard InChI is InChI=1S/C15H21BClNO5/c1-5-22-10-7-6-9(17)12-11(23-16(21)13(10)12)8-18(14(19)20)15(2,3)4/h6-7,11,21H,5,8H2,1-4H3,(H,19,20)/t11-/m1/s1. The summed E-state index contributed by atoms with van der Waals surface area (Å²) >= 11 is 6.27. The van der Waals surface area contributed by atoms with Crippen molar-refractivity contribution in [1.82, 2.24) is 4.90 Å². The highest BCUT2D eigenvalue weighted by Crippen LogP contribution is 2.35. The Labute approximate surface area is 141 Å². The average molecular weight is 342 g/mol. The van der Waals surface area contributed by atoms with Gasteiger partial charge in [-0.05, 0) is 39.8 Å². The van der Waals surface area contributed by atoms with E-state index in [0.717, 1.165) is 0 Å². The summed E-state index contributed by atoms with van der Waals surface area (Å²) in [6.07, 6.45) is -1.70. The number of carbonyl (C=O) groups is 1. The van der Waals surface area contributed by atoms with Crippen LogP contribution in [0.3, 0.4) is 0 Å². The maximum atomic E-state index is 11.5. The summed E-state index contributed by atoms with van der Waals surface area (Å²) in [5, 5.41) is 20.1. The zero-order chi connectivity index (χ0) is 17.4. The molecule has 1 aromatic carbocycles. The molecule has 1 aliphatic heterocycles. The van der Waals surface area contributed by atoms with E-state index in [4.69, 9.17) is 21.0 Å². The lowest BCUT2D eigenvalue weighted by molar-refractivity contribution is 0.0626. The molecule has 0 saturated heterocycles. The Morgan fingerprint density at radius 1 is 1.48 bits per heavy atom. The zero-order valence-electron chi connectivity index (χ0n) is 13.7. The van der Waals surface area contributed by atoms with Gasteiger partial charge in [0.2, 0.25) is 0 Å². The van der Waals surface area contributed by atoms with Gasteiger partial charge in [0, 0.05) is 21.6 Å². The van der Waals surface area contributed by atoms with E-state index in [1.54, 1.807) is 32.9 Å². The SMILES string of the molecule is CCOc1ccc(Cl)c2c1B(O)O[C@@H]2CN(C(=O)O)C(C)(C)C. The maximum Gasteiger partial charge on any atom is 0.495 e. The minimum absolute atomic E-state index is 0.0677. The van der Waals surface area contributed by atoms with E-state index in [9.17, 15) is 14.9 Å². The quantitative estimate of drug-likeness (QED) is 0.821. The molecule has 2 N–H and O–H groups in total. The van der Waals surface area contributed by atoms with Gasteiger partial charge in [-0.15, -0.1) is 0 Å². The Kier molecular flexibility index (Phi) is 5.13. The summed E-state index contributed by atoms with van der Waals surface area (Å²) in [4.78, 5) is 12.8. The molecular formula is C15H21BClNO5. The van der Waals surface area contributed by atoms with E-state index >= 15 is 0 Å². The van der Waals surface area contributed by atoms with Gasteiger partial charge < -0.3 is 24.4 Å². The van der Waals surface area contributed by atoms with Crippen molar-refractivity contribution in [2.45, 2.75) is 39.3 Å². The number of hydrogen-bond donors (Lipinski definition) is 2. The van der Waals surface area contributed by atoms with Gasteiger partial charge in [-0.2, -0.15) is 0 Å². The minimum Gasteiger partial charge on any atom is -0.494 e. The van der Waals surface area contributed by atoms with Gasteiger partial charge in [0.25, 0.3) is 0 Å². The topological polar surface area (TPSA) is 79.2 Å². The van der Waals surface area contributed by atoms with Gasteiger partial charge in [0.1, 0.15) is 5.75 Å². The van der Waals surface area contributed by atoms with Crippen molar-refractivity contribution < 1.29 is 24.3 Å². The molecule has 0 spiro atoms. The largest absolute Gasteiger partial charge is 0.495 e. The van der Waals surface area contributed by atoms with Crippen LogP contribution in [0.1, 0.15) is 39.4 Å². The van der Waals surface area contributed by atoms with Gasteiger partial charge in [0.15, 0.2) is 0 Å². The smallest absolute Gasteiger partial charge is 0.494 e. The third kappa shape index (κ3) is 3.57. The Balaban J connectivity index is 2.40. The third-order valence-corrected chi connectivity index (χ3v) is 4.07. The van der Waals surface area contributed by atoms with Crippen molar-refractivity contribution in [2.75, 3.05) is 13.2 Å². The van der Waals surface area contributed by atoms with Crippen molar-refractivity contribution in [2.24, 2.45) is 0 Å². The summed E-state index contributed by atoms with van der Waals surface area (Å²) in [5.41, 5.74) is 0.455. The molecule has 0 fully saturated rings. The fraction of sp³-hybridized carbons (Fsp3) is 0.533. The second kappa shape index (κ2) is 6.59. The fourth-order valence-corrected chi connectivity index (χ4v) is 2.97. The van der Waals surface area contributed by atoms with Crippen molar-refractivity contribution in [1.29, 1.82) is 0 Å². The normalized spacial score (nSPS) is 17.1. The third-order valence-electron chi connectivity index (χ3n) is 3.74. The van der Waals surface area contributed by atoms with Gasteiger partial charge in [-0.1, -0.05) is 11.6 Å². The monoisotopic (exact) mass is 341 g/mol. The summed E-state index contributed by atoms with van der Waals surface area (Å²) in [7, 11) is -1.19. The van der Waals surface area contributed by atoms with Gasteiger partial charge in [-0.3, -0.25) is 0 Å². The highest BCUT2D eigenvalue weighted by Gasteiger charge is 2.42. The fourth-order valence-electron chi connectivity index (χ4n) is 2.68. The summed E-state index contributed by atoms with van der Waals surface area (Å²) in [5.74, 6) is 0.500. The second-order valence-electron chi connectivity index (χ2n) is 6.35. The number of carboxylic acid groups (broad SMARTS) is 1. The molecular weight excluding hydrogens is 320 g/mol. The number of halogens is 1. The predicted octanol–water partition coefficient (Wildman–Crippen LogP) is 2.28. The first-order valence-electron chi connectivity index (χ1n) is 7.46. The molecule has 0 saturated carbocycles. The van der Waals surface area contributed by atoms with Crippen LogP contribution in [0.4, 0.5) is 4.79 Å². The lowest BCUT2D eigenvalue weighted by Gasteiger charge is -2.35. The number of benzene rings is 1. The van der Waals surface area contributed by atoms with E-state index < -0.39 is 24.9 Å². The van der Waals surface area contributed by atoms with Crippen molar-refractivity contribution in [3.05, 3.63) is 22.7 Å². The Morgan fingerprint density at radius 3 is 2.65 bits per heavy atom. The van der Waals surface area contributed by atoms with Gasteiger partial charge in [0.05, 0.1) is 19.3 Å². The van der Waals surface area contributed by atoms with Crippen LogP contribution >= 0.6 is 11.6 Å². The second-order valence-corrected chi connectivity index (χ2v) is 6.75. The zero-order valence-corrected chi connectivity index (χ0v) is 14.4. The molecule has 8 heteroatoms. The van der Waals surface area contributed by atoms with Gasteiger partial charge >= 0.3 is 13.2 Å². The van der Waals surface area contributed by atoms with Crippen LogP contribution in [-0.2, 0) is 4.65 Å². The Hall–Kier alpha value is -1.44. The number of hydrogen-bond acceptors (Lipinski definition) is 4. The molecule has 1 heterocycles. The average Bonchev–Trinajstić information content (AvgIpc) is 2.76.